The second kappa shape index (κ2) is 8.21. The average Bonchev–Trinajstić information content (AvgIpc) is 2.65. The molecule has 0 unspecified atom stereocenters. The van der Waals surface area contributed by atoms with Gasteiger partial charge in [0.25, 0.3) is 5.56 Å². The molecule has 1 aliphatic rings. The Labute approximate surface area is 166 Å². The largest absolute Gasteiger partial charge is 0.503 e. The van der Waals surface area contributed by atoms with Gasteiger partial charge in [-0.25, -0.2) is 4.79 Å². The highest BCUT2D eigenvalue weighted by Gasteiger charge is 2.21. The van der Waals surface area contributed by atoms with Crippen LogP contribution in [0.25, 0.3) is 0 Å². The van der Waals surface area contributed by atoms with Gasteiger partial charge in [-0.15, -0.1) is 0 Å². The van der Waals surface area contributed by atoms with Gasteiger partial charge < -0.3 is 19.7 Å². The molecule has 7 nitrogen and oxygen atoms in total. The van der Waals surface area contributed by atoms with Crippen molar-refractivity contribution in [3.8, 4) is 5.75 Å². The predicted molar refractivity (Wildman–Crippen MR) is 103 cm³/mol. The Morgan fingerprint density at radius 1 is 1.04 bits per heavy atom. The Morgan fingerprint density at radius 2 is 1.74 bits per heavy atom. The minimum atomic E-state index is -0.931. The predicted octanol–water partition coefficient (Wildman–Crippen LogP) is 2.70. The van der Waals surface area contributed by atoms with E-state index in [1.165, 1.54) is 9.47 Å². The molecular formula is C18H19Cl2N3O4. The third-order valence-corrected chi connectivity index (χ3v) is 5.49. The molecule has 1 aromatic carbocycles. The summed E-state index contributed by atoms with van der Waals surface area (Å²) in [5.74, 6) is -0.309. The number of piperazine rings is 1. The fourth-order valence-corrected chi connectivity index (χ4v) is 3.42. The number of pyridine rings is 1. The van der Waals surface area contributed by atoms with Crippen molar-refractivity contribution in [2.24, 2.45) is 0 Å². The summed E-state index contributed by atoms with van der Waals surface area (Å²) >= 11 is 12.2. The summed E-state index contributed by atoms with van der Waals surface area (Å²) in [5, 5.41) is 20.1. The molecule has 0 saturated carbocycles. The topological polar surface area (TPSA) is 86.0 Å². The molecule has 1 aliphatic heterocycles. The monoisotopic (exact) mass is 411 g/mol. The Balaban J connectivity index is 1.73. The summed E-state index contributed by atoms with van der Waals surface area (Å²) in [6.07, 6.45) is 0.682. The highest BCUT2D eigenvalue weighted by molar-refractivity contribution is 6.42. The zero-order valence-corrected chi connectivity index (χ0v) is 15.9. The first-order valence-corrected chi connectivity index (χ1v) is 9.17. The van der Waals surface area contributed by atoms with Gasteiger partial charge in [0.2, 0.25) is 0 Å². The Bertz CT molecular complexity index is 908. The maximum atomic E-state index is 12.5. The van der Waals surface area contributed by atoms with E-state index >= 15 is 0 Å². The van der Waals surface area contributed by atoms with Crippen molar-refractivity contribution >= 4 is 29.3 Å². The minimum Gasteiger partial charge on any atom is -0.503 e. The lowest BCUT2D eigenvalue weighted by atomic mass is 10.2. The zero-order valence-electron chi connectivity index (χ0n) is 14.4. The molecule has 0 atom stereocenters. The van der Waals surface area contributed by atoms with Crippen molar-refractivity contribution in [1.29, 1.82) is 0 Å². The van der Waals surface area contributed by atoms with Crippen LogP contribution in [0.5, 0.6) is 5.75 Å². The number of halogens is 2. The fourth-order valence-electron chi connectivity index (χ4n) is 3.04. The van der Waals surface area contributed by atoms with Crippen LogP contribution in [0.4, 0.5) is 4.79 Å². The van der Waals surface area contributed by atoms with Crippen molar-refractivity contribution in [3.05, 3.63) is 62.0 Å². The summed E-state index contributed by atoms with van der Waals surface area (Å²) in [7, 11) is 0. The van der Waals surface area contributed by atoms with Crippen LogP contribution >= 0.6 is 23.2 Å². The van der Waals surface area contributed by atoms with Gasteiger partial charge in [-0.05, 0) is 17.7 Å². The summed E-state index contributed by atoms with van der Waals surface area (Å²) in [6, 6.07) is 6.88. The maximum absolute atomic E-state index is 12.5. The van der Waals surface area contributed by atoms with Gasteiger partial charge in [-0.1, -0.05) is 35.3 Å². The Kier molecular flexibility index (Phi) is 5.94. The molecule has 0 radical (unpaired) electrons. The molecule has 1 amide bonds. The number of aromatic hydroxyl groups is 1. The quantitative estimate of drug-likeness (QED) is 0.807. The van der Waals surface area contributed by atoms with Gasteiger partial charge in [0.05, 0.1) is 16.6 Å². The number of rotatable bonds is 4. The van der Waals surface area contributed by atoms with Crippen molar-refractivity contribution in [1.82, 2.24) is 14.4 Å². The fraction of sp³-hybridized carbons (Fsp3) is 0.333. The Morgan fingerprint density at radius 3 is 2.41 bits per heavy atom. The number of amides is 1. The van der Waals surface area contributed by atoms with Crippen LogP contribution in [0.15, 0.2) is 35.3 Å². The van der Waals surface area contributed by atoms with Crippen LogP contribution in [0.2, 0.25) is 10.0 Å². The van der Waals surface area contributed by atoms with Gasteiger partial charge in [0.15, 0.2) is 5.75 Å². The van der Waals surface area contributed by atoms with E-state index in [1.54, 1.807) is 30.5 Å². The molecule has 0 spiro atoms. The Hall–Kier alpha value is -2.22. The van der Waals surface area contributed by atoms with Gasteiger partial charge >= 0.3 is 6.09 Å². The summed E-state index contributed by atoms with van der Waals surface area (Å²) in [6.45, 7) is 2.48. The highest BCUT2D eigenvalue weighted by atomic mass is 35.5. The van der Waals surface area contributed by atoms with Crippen molar-refractivity contribution in [2.45, 2.75) is 13.1 Å². The number of benzene rings is 1. The number of hydrogen-bond donors (Lipinski definition) is 2. The molecule has 144 valence electrons. The lowest BCUT2D eigenvalue weighted by molar-refractivity contribution is 0.102. The summed E-state index contributed by atoms with van der Waals surface area (Å²) in [4.78, 5) is 26.8. The molecule has 1 aromatic heterocycles. The molecular weight excluding hydrogens is 393 g/mol. The van der Waals surface area contributed by atoms with Crippen LogP contribution in [-0.2, 0) is 13.1 Å². The molecule has 0 aliphatic carbocycles. The number of carboxylic acid groups (broad SMARTS) is 1. The van der Waals surface area contributed by atoms with E-state index in [9.17, 15) is 14.7 Å². The number of hydrogen-bond acceptors (Lipinski definition) is 4. The molecule has 3 rings (SSSR count). The molecule has 1 saturated heterocycles. The number of nitrogens with zero attached hydrogens (tertiary/aromatic N) is 3. The van der Waals surface area contributed by atoms with Crippen molar-refractivity contribution in [3.63, 3.8) is 0 Å². The third-order valence-electron chi connectivity index (χ3n) is 4.63. The van der Waals surface area contributed by atoms with E-state index in [-0.39, 0.29) is 12.3 Å². The first kappa shape index (κ1) is 19.5. The van der Waals surface area contributed by atoms with E-state index in [1.807, 2.05) is 4.90 Å². The normalized spacial score (nSPS) is 15.1. The van der Waals surface area contributed by atoms with Gasteiger partial charge in [0.1, 0.15) is 0 Å². The molecule has 2 N–H and O–H groups in total. The van der Waals surface area contributed by atoms with E-state index in [0.717, 1.165) is 0 Å². The molecule has 0 bridgehead atoms. The standard InChI is InChI=1S/C18H19Cl2N3O4/c19-14-3-1-2-12(15(14)20)11-23-5-4-13(16(24)17(23)25)10-21-6-8-22(9-7-21)18(26)27/h1-5,24H,6-11H2,(H,26,27). The van der Waals surface area contributed by atoms with E-state index < -0.39 is 11.7 Å². The van der Waals surface area contributed by atoms with Crippen LogP contribution in [0, 0.1) is 0 Å². The van der Waals surface area contributed by atoms with Crippen LogP contribution in [0.3, 0.4) is 0 Å². The second-order valence-corrected chi connectivity index (χ2v) is 7.17. The zero-order chi connectivity index (χ0) is 19.6. The molecule has 2 aromatic rings. The minimum absolute atomic E-state index is 0.198. The second-order valence-electron chi connectivity index (χ2n) is 6.38. The average molecular weight is 412 g/mol. The molecule has 2 heterocycles. The number of carbonyl (C=O) groups is 1. The molecule has 9 heteroatoms. The molecule has 27 heavy (non-hydrogen) atoms. The smallest absolute Gasteiger partial charge is 0.407 e. The van der Waals surface area contributed by atoms with Crippen LogP contribution < -0.4 is 5.56 Å². The number of aromatic nitrogens is 1. The summed E-state index contributed by atoms with van der Waals surface area (Å²) in [5.41, 5.74) is 0.688. The van der Waals surface area contributed by atoms with E-state index in [2.05, 4.69) is 0 Å². The van der Waals surface area contributed by atoms with Crippen molar-refractivity contribution in [2.75, 3.05) is 26.2 Å². The lowest BCUT2D eigenvalue weighted by Crippen LogP contribution is -2.47. The van der Waals surface area contributed by atoms with Gasteiger partial charge in [-0.3, -0.25) is 9.69 Å². The van der Waals surface area contributed by atoms with Crippen LogP contribution in [0.1, 0.15) is 11.1 Å². The molecule has 1 fully saturated rings. The van der Waals surface area contributed by atoms with E-state index in [4.69, 9.17) is 28.3 Å². The van der Waals surface area contributed by atoms with Crippen LogP contribution in [-0.4, -0.2) is 56.9 Å². The highest BCUT2D eigenvalue weighted by Crippen LogP contribution is 2.26. The first-order valence-electron chi connectivity index (χ1n) is 8.41. The maximum Gasteiger partial charge on any atom is 0.407 e. The SMILES string of the molecule is O=C(O)N1CCN(Cc2ccn(Cc3cccc(Cl)c3Cl)c(=O)c2O)CC1. The first-order chi connectivity index (χ1) is 12.9. The summed E-state index contributed by atoms with van der Waals surface area (Å²) < 4.78 is 1.37. The van der Waals surface area contributed by atoms with Crippen molar-refractivity contribution < 1.29 is 15.0 Å². The van der Waals surface area contributed by atoms with Gasteiger partial charge in [-0.2, -0.15) is 0 Å². The lowest BCUT2D eigenvalue weighted by Gasteiger charge is -2.33. The van der Waals surface area contributed by atoms with E-state index in [0.29, 0.717) is 53.9 Å². The third kappa shape index (κ3) is 4.37. The van der Waals surface area contributed by atoms with Gasteiger partial charge in [0, 0.05) is 44.5 Å².